The van der Waals surface area contributed by atoms with Crippen LogP contribution >= 0.6 is 7.82 Å². The maximum atomic E-state index is 10.8. The van der Waals surface area contributed by atoms with Crippen LogP contribution in [0.15, 0.2) is 12.1 Å². The van der Waals surface area contributed by atoms with Crippen LogP contribution in [-0.2, 0) is 15.8 Å². The number of phosphoric acid groups is 1. The second kappa shape index (κ2) is 5.52. The standard InChI is InChI=1S/C11H15O6P/c1-7-5-9(3-4-11(12)13)8(2)10(6-7)17-18(14,15)16/h5-6H,3-4H2,1-2H3,(H,12,13)(H2,14,15,16). The van der Waals surface area contributed by atoms with Crippen molar-refractivity contribution in [3.8, 4) is 5.75 Å². The third-order valence-electron chi connectivity index (χ3n) is 2.44. The van der Waals surface area contributed by atoms with Gasteiger partial charge in [0.1, 0.15) is 5.75 Å². The number of carboxylic acid groups (broad SMARTS) is 1. The Morgan fingerprint density at radius 1 is 1.33 bits per heavy atom. The minimum atomic E-state index is -4.61. The molecular weight excluding hydrogens is 259 g/mol. The minimum Gasteiger partial charge on any atom is -0.481 e. The Morgan fingerprint density at radius 3 is 2.44 bits per heavy atom. The molecule has 0 radical (unpaired) electrons. The van der Waals surface area contributed by atoms with Crippen LogP contribution in [0, 0.1) is 13.8 Å². The fourth-order valence-corrected chi connectivity index (χ4v) is 2.07. The second-order valence-corrected chi connectivity index (χ2v) is 5.19. The van der Waals surface area contributed by atoms with E-state index in [-0.39, 0.29) is 12.2 Å². The molecule has 0 aliphatic carbocycles. The third-order valence-corrected chi connectivity index (χ3v) is 2.87. The van der Waals surface area contributed by atoms with Crippen molar-refractivity contribution in [1.29, 1.82) is 0 Å². The molecule has 0 aliphatic rings. The molecule has 0 fully saturated rings. The van der Waals surface area contributed by atoms with Crippen molar-refractivity contribution in [2.45, 2.75) is 26.7 Å². The van der Waals surface area contributed by atoms with Gasteiger partial charge in [-0.1, -0.05) is 6.07 Å². The first-order valence-electron chi connectivity index (χ1n) is 5.26. The van der Waals surface area contributed by atoms with Crippen LogP contribution in [0.1, 0.15) is 23.1 Å². The van der Waals surface area contributed by atoms with E-state index in [0.717, 1.165) is 5.56 Å². The molecule has 0 aromatic heterocycles. The molecule has 0 spiro atoms. The molecule has 0 amide bonds. The van der Waals surface area contributed by atoms with Crippen molar-refractivity contribution in [3.05, 3.63) is 28.8 Å². The summed E-state index contributed by atoms with van der Waals surface area (Å²) in [6.45, 7) is 3.39. The van der Waals surface area contributed by atoms with E-state index < -0.39 is 13.8 Å². The fraction of sp³-hybridized carbons (Fsp3) is 0.364. The third kappa shape index (κ3) is 4.49. The van der Waals surface area contributed by atoms with Crippen LogP contribution in [0.2, 0.25) is 0 Å². The van der Waals surface area contributed by atoms with E-state index in [9.17, 15) is 9.36 Å². The highest BCUT2D eigenvalue weighted by atomic mass is 31.2. The summed E-state index contributed by atoms with van der Waals surface area (Å²) in [4.78, 5) is 28.1. The highest BCUT2D eigenvalue weighted by Gasteiger charge is 2.19. The molecule has 18 heavy (non-hydrogen) atoms. The monoisotopic (exact) mass is 274 g/mol. The molecule has 0 saturated heterocycles. The molecule has 3 N–H and O–H groups in total. The van der Waals surface area contributed by atoms with Gasteiger partial charge in [0.2, 0.25) is 0 Å². The number of aryl methyl sites for hydroxylation is 2. The lowest BCUT2D eigenvalue weighted by Crippen LogP contribution is -2.01. The van der Waals surface area contributed by atoms with Crippen molar-refractivity contribution in [1.82, 2.24) is 0 Å². The van der Waals surface area contributed by atoms with Crippen molar-refractivity contribution < 1.29 is 28.8 Å². The van der Waals surface area contributed by atoms with Crippen molar-refractivity contribution >= 4 is 13.8 Å². The second-order valence-electron chi connectivity index (χ2n) is 4.02. The molecule has 0 aliphatic heterocycles. The van der Waals surface area contributed by atoms with Crippen LogP contribution in [-0.4, -0.2) is 20.9 Å². The smallest absolute Gasteiger partial charge is 0.481 e. The first-order valence-corrected chi connectivity index (χ1v) is 6.79. The van der Waals surface area contributed by atoms with E-state index in [0.29, 0.717) is 17.5 Å². The van der Waals surface area contributed by atoms with Gasteiger partial charge >= 0.3 is 13.8 Å². The Hall–Kier alpha value is -1.36. The van der Waals surface area contributed by atoms with E-state index in [1.165, 1.54) is 6.07 Å². The van der Waals surface area contributed by atoms with E-state index in [1.54, 1.807) is 19.9 Å². The fourth-order valence-electron chi connectivity index (χ4n) is 1.62. The molecule has 1 aromatic carbocycles. The number of hydrogen-bond acceptors (Lipinski definition) is 3. The number of carbonyl (C=O) groups is 1. The molecule has 1 rings (SSSR count). The van der Waals surface area contributed by atoms with E-state index in [2.05, 4.69) is 4.52 Å². The van der Waals surface area contributed by atoms with Gasteiger partial charge in [-0.05, 0) is 43.0 Å². The summed E-state index contributed by atoms with van der Waals surface area (Å²) in [6.07, 6.45) is 0.250. The summed E-state index contributed by atoms with van der Waals surface area (Å²) in [7, 11) is -4.61. The van der Waals surface area contributed by atoms with E-state index >= 15 is 0 Å². The zero-order valence-corrected chi connectivity index (χ0v) is 11.0. The van der Waals surface area contributed by atoms with Crippen molar-refractivity contribution in [2.24, 2.45) is 0 Å². The van der Waals surface area contributed by atoms with Crippen LogP contribution < -0.4 is 4.52 Å². The Labute approximate surface area is 104 Å². The molecule has 0 heterocycles. The number of rotatable bonds is 5. The average Bonchev–Trinajstić information content (AvgIpc) is 2.18. The van der Waals surface area contributed by atoms with Crippen LogP contribution in [0.3, 0.4) is 0 Å². The lowest BCUT2D eigenvalue weighted by atomic mass is 10.0. The number of phosphoric ester groups is 1. The molecule has 0 atom stereocenters. The first-order chi connectivity index (χ1) is 8.19. The summed E-state index contributed by atoms with van der Waals surface area (Å²) >= 11 is 0. The molecule has 1 aromatic rings. The zero-order chi connectivity index (χ0) is 13.9. The maximum absolute atomic E-state index is 10.8. The van der Waals surface area contributed by atoms with Gasteiger partial charge in [-0.3, -0.25) is 14.6 Å². The Kier molecular flexibility index (Phi) is 4.51. The summed E-state index contributed by atoms with van der Waals surface area (Å²) in [5, 5.41) is 8.63. The van der Waals surface area contributed by atoms with Crippen LogP contribution in [0.4, 0.5) is 0 Å². The van der Waals surface area contributed by atoms with Gasteiger partial charge in [-0.15, -0.1) is 0 Å². The molecular formula is C11H15O6P. The maximum Gasteiger partial charge on any atom is 0.524 e. The largest absolute Gasteiger partial charge is 0.524 e. The summed E-state index contributed by atoms with van der Waals surface area (Å²) < 4.78 is 15.4. The van der Waals surface area contributed by atoms with Gasteiger partial charge in [-0.2, -0.15) is 0 Å². The summed E-state index contributed by atoms with van der Waals surface area (Å²) in [5.74, 6) is -0.836. The SMILES string of the molecule is Cc1cc(CCC(=O)O)c(C)c(OP(=O)(O)O)c1. The lowest BCUT2D eigenvalue weighted by molar-refractivity contribution is -0.136. The Bertz CT molecular complexity index is 505. The van der Waals surface area contributed by atoms with Gasteiger partial charge in [0, 0.05) is 6.42 Å². The summed E-state index contributed by atoms with van der Waals surface area (Å²) in [5.41, 5.74) is 2.01. The van der Waals surface area contributed by atoms with Crippen LogP contribution in [0.5, 0.6) is 5.75 Å². The van der Waals surface area contributed by atoms with Crippen molar-refractivity contribution in [2.75, 3.05) is 0 Å². The topological polar surface area (TPSA) is 104 Å². The van der Waals surface area contributed by atoms with E-state index in [1.807, 2.05) is 0 Å². The number of hydrogen-bond donors (Lipinski definition) is 3. The predicted octanol–water partition coefficient (Wildman–Crippen LogP) is 1.79. The molecule has 0 unspecified atom stereocenters. The van der Waals surface area contributed by atoms with Gasteiger partial charge in [0.25, 0.3) is 0 Å². The first kappa shape index (κ1) is 14.7. The molecule has 0 bridgehead atoms. The highest BCUT2D eigenvalue weighted by molar-refractivity contribution is 7.46. The van der Waals surface area contributed by atoms with Gasteiger partial charge < -0.3 is 9.63 Å². The zero-order valence-electron chi connectivity index (χ0n) is 10.1. The van der Waals surface area contributed by atoms with E-state index in [4.69, 9.17) is 14.9 Å². The minimum absolute atomic E-state index is 0.0420. The molecule has 100 valence electrons. The molecule has 7 heteroatoms. The van der Waals surface area contributed by atoms with Gasteiger partial charge in [0.15, 0.2) is 0 Å². The Balaban J connectivity index is 3.06. The number of carboxylic acids is 1. The molecule has 0 saturated carbocycles. The quantitative estimate of drug-likeness (QED) is 0.707. The predicted molar refractivity (Wildman–Crippen MR) is 64.5 cm³/mol. The van der Waals surface area contributed by atoms with Gasteiger partial charge in [0.05, 0.1) is 0 Å². The van der Waals surface area contributed by atoms with Crippen LogP contribution in [0.25, 0.3) is 0 Å². The normalized spacial score (nSPS) is 11.3. The van der Waals surface area contributed by atoms with Crippen molar-refractivity contribution in [3.63, 3.8) is 0 Å². The number of benzene rings is 1. The Morgan fingerprint density at radius 2 is 1.94 bits per heavy atom. The lowest BCUT2D eigenvalue weighted by Gasteiger charge is -2.14. The molecule has 6 nitrogen and oxygen atoms in total. The number of aliphatic carboxylic acids is 1. The highest BCUT2D eigenvalue weighted by Crippen LogP contribution is 2.40. The average molecular weight is 274 g/mol. The summed E-state index contributed by atoms with van der Waals surface area (Å²) in [6, 6.07) is 3.30. The van der Waals surface area contributed by atoms with Gasteiger partial charge in [-0.25, -0.2) is 4.57 Å².